The highest BCUT2D eigenvalue weighted by Gasteiger charge is 2.65. The molecule has 0 bridgehead atoms. The Morgan fingerprint density at radius 3 is 2.23 bits per heavy atom. The van der Waals surface area contributed by atoms with Crippen LogP contribution in [0.3, 0.4) is 0 Å². The van der Waals surface area contributed by atoms with E-state index >= 15 is 4.79 Å². The molecule has 0 saturated heterocycles. The third-order valence-corrected chi connectivity index (χ3v) is 14.4. The van der Waals surface area contributed by atoms with E-state index in [1.54, 1.807) is 34.9 Å². The number of carbonyl (C=O) groups excluding carboxylic acids is 1. The molecule has 13 heteroatoms. The van der Waals surface area contributed by atoms with Crippen molar-refractivity contribution in [3.05, 3.63) is 180 Å². The standard InChI is InChI=1S/C58H65FN2O9S/c1-3-32-67-58-54(61(38-41-20-22-45(59)23-21-41)57(64)66-34-33-65-39-42-14-6-4-7-15-42)37-52(60-68-40-43-16-8-5-9-17-43)50-35-44(18-10-12-30-62)49(19-11-13-31-63)55(56(50)58)51-36-47(26-29-53(51)70-58)69-46-24-27-48(71-2)28-25-46/h3-9,14-17,20-29,35-36,44,49,54-56,62-63H,1,10-13,18-19,30-34,37-40H2,2H3/t44-,49+,54-,55+,56+,58+/m0/s1. The highest BCUT2D eigenvalue weighted by Crippen LogP contribution is 2.62. The van der Waals surface area contributed by atoms with Crippen LogP contribution in [0.5, 0.6) is 17.2 Å². The zero-order chi connectivity index (χ0) is 49.4. The lowest BCUT2D eigenvalue weighted by Gasteiger charge is -2.59. The van der Waals surface area contributed by atoms with Crippen LogP contribution in [0.4, 0.5) is 9.18 Å². The number of hydrogen-bond acceptors (Lipinski definition) is 11. The number of hydrogen-bond donors (Lipinski definition) is 2. The van der Waals surface area contributed by atoms with E-state index in [2.05, 4.69) is 18.7 Å². The highest BCUT2D eigenvalue weighted by atomic mass is 32.2. The quantitative estimate of drug-likeness (QED) is 0.0252. The monoisotopic (exact) mass is 984 g/mol. The minimum absolute atomic E-state index is 0.0102. The van der Waals surface area contributed by atoms with Gasteiger partial charge >= 0.3 is 6.09 Å². The zero-order valence-electron chi connectivity index (χ0n) is 40.4. The molecule has 0 spiro atoms. The van der Waals surface area contributed by atoms with Gasteiger partial charge in [0.2, 0.25) is 5.79 Å². The largest absolute Gasteiger partial charge is 0.459 e. The van der Waals surface area contributed by atoms with Gasteiger partial charge in [-0.2, -0.15) is 0 Å². The Morgan fingerprint density at radius 2 is 1.54 bits per heavy atom. The number of oxime groups is 1. The number of allylic oxidation sites excluding steroid dienone is 1. The Bertz CT molecular complexity index is 2550. The van der Waals surface area contributed by atoms with Gasteiger partial charge in [-0.1, -0.05) is 103 Å². The van der Waals surface area contributed by atoms with Crippen LogP contribution >= 0.6 is 11.8 Å². The highest BCUT2D eigenvalue weighted by molar-refractivity contribution is 7.98. The molecular formula is C58H65FN2O9S. The van der Waals surface area contributed by atoms with Crippen LogP contribution in [-0.4, -0.2) is 78.0 Å². The summed E-state index contributed by atoms with van der Waals surface area (Å²) in [5, 5.41) is 25.1. The van der Waals surface area contributed by atoms with Crippen LogP contribution in [0.2, 0.25) is 0 Å². The number of rotatable bonds is 25. The number of ether oxygens (including phenoxy) is 5. The third kappa shape index (κ3) is 12.8. The molecule has 5 aromatic rings. The van der Waals surface area contributed by atoms with Gasteiger partial charge in [0.15, 0.2) is 0 Å². The Labute approximate surface area is 421 Å². The van der Waals surface area contributed by atoms with E-state index in [0.29, 0.717) is 48.0 Å². The van der Waals surface area contributed by atoms with Gasteiger partial charge in [-0.05, 0) is 121 Å². The normalized spacial score (nSPS) is 21.5. The Hall–Kier alpha value is -5.96. The van der Waals surface area contributed by atoms with Crippen LogP contribution in [0.15, 0.2) is 162 Å². The third-order valence-electron chi connectivity index (χ3n) is 13.6. The average Bonchev–Trinajstić information content (AvgIpc) is 3.40. The van der Waals surface area contributed by atoms with Crippen LogP contribution in [0.25, 0.3) is 0 Å². The molecule has 6 atom stereocenters. The molecule has 71 heavy (non-hydrogen) atoms. The summed E-state index contributed by atoms with van der Waals surface area (Å²) in [4.78, 5) is 24.1. The summed E-state index contributed by atoms with van der Waals surface area (Å²) >= 11 is 1.66. The zero-order valence-corrected chi connectivity index (χ0v) is 41.2. The van der Waals surface area contributed by atoms with Crippen LogP contribution in [0.1, 0.15) is 73.1 Å². The topological polar surface area (TPSA) is 129 Å². The van der Waals surface area contributed by atoms with Crippen LogP contribution in [0, 0.1) is 23.6 Å². The maximum Gasteiger partial charge on any atom is 0.410 e. The number of carbonyl (C=O) groups is 1. The smallest absolute Gasteiger partial charge is 0.410 e. The van der Waals surface area contributed by atoms with Gasteiger partial charge < -0.3 is 38.7 Å². The first-order valence-electron chi connectivity index (χ1n) is 24.7. The minimum Gasteiger partial charge on any atom is -0.459 e. The van der Waals surface area contributed by atoms with E-state index in [-0.39, 0.29) is 70.4 Å². The van der Waals surface area contributed by atoms with Crippen LogP contribution < -0.4 is 9.47 Å². The SMILES string of the molecule is C=CCO[C@@]12Oc3ccc(Oc4ccc(SC)cc4)cc3[C@H]3[C@H](CCCCO)[C@@H](CCCCO)C=C(C(=NOCc4ccccc4)C[C@@H]1N(Cc1ccc(F)cc1)C(=O)OCCOCc1ccccc1)[C@H]32. The molecule has 0 unspecified atom stereocenters. The van der Waals surface area contributed by atoms with Crippen molar-refractivity contribution in [3.63, 3.8) is 0 Å². The van der Waals surface area contributed by atoms with Crippen molar-refractivity contribution in [1.82, 2.24) is 4.90 Å². The van der Waals surface area contributed by atoms with E-state index in [4.69, 9.17) is 33.7 Å². The van der Waals surface area contributed by atoms with E-state index in [1.807, 2.05) is 103 Å². The molecule has 1 aliphatic heterocycles. The number of aliphatic hydroxyl groups is 2. The van der Waals surface area contributed by atoms with Crippen molar-refractivity contribution in [2.75, 3.05) is 39.3 Å². The molecule has 11 nitrogen and oxygen atoms in total. The molecule has 3 aliphatic rings. The van der Waals surface area contributed by atoms with Gasteiger partial charge in [-0.15, -0.1) is 18.3 Å². The van der Waals surface area contributed by atoms with Gasteiger partial charge in [-0.3, -0.25) is 4.90 Å². The van der Waals surface area contributed by atoms with E-state index in [1.165, 1.54) is 12.1 Å². The van der Waals surface area contributed by atoms with Crippen molar-refractivity contribution < 1.29 is 47.9 Å². The first-order chi connectivity index (χ1) is 34.8. The summed E-state index contributed by atoms with van der Waals surface area (Å²) in [6.45, 7) is 4.98. The molecule has 8 rings (SSSR count). The average molecular weight is 985 g/mol. The fourth-order valence-electron chi connectivity index (χ4n) is 10.4. The van der Waals surface area contributed by atoms with Crippen LogP contribution in [-0.2, 0) is 38.8 Å². The van der Waals surface area contributed by atoms with Gasteiger partial charge in [0.25, 0.3) is 0 Å². The van der Waals surface area contributed by atoms with Crippen molar-refractivity contribution in [1.29, 1.82) is 0 Å². The summed E-state index contributed by atoms with van der Waals surface area (Å²) in [5.41, 5.74) is 5.05. The number of fused-ring (bicyclic) bond motifs is 2. The summed E-state index contributed by atoms with van der Waals surface area (Å²) < 4.78 is 47.8. The molecule has 1 saturated carbocycles. The predicted molar refractivity (Wildman–Crippen MR) is 274 cm³/mol. The molecule has 5 aromatic carbocycles. The van der Waals surface area contributed by atoms with Gasteiger partial charge in [0, 0.05) is 42.6 Å². The Kier molecular flexibility index (Phi) is 18.4. The number of unbranched alkanes of at least 4 members (excludes halogenated alkanes) is 2. The molecule has 1 heterocycles. The first kappa shape index (κ1) is 51.4. The fraction of sp³-hybridized carbons (Fsp3) is 0.379. The molecule has 0 radical (unpaired) electrons. The molecule has 2 N–H and O–H groups in total. The molecular weight excluding hydrogens is 920 g/mol. The van der Waals surface area contributed by atoms with E-state index in [0.717, 1.165) is 52.8 Å². The number of thioether (sulfide) groups is 1. The molecule has 1 fully saturated rings. The number of aliphatic hydroxyl groups excluding tert-OH is 2. The minimum atomic E-state index is -1.56. The van der Waals surface area contributed by atoms with Gasteiger partial charge in [0.1, 0.15) is 42.3 Å². The predicted octanol–water partition coefficient (Wildman–Crippen LogP) is 12.0. The van der Waals surface area contributed by atoms with E-state index < -0.39 is 29.7 Å². The molecule has 374 valence electrons. The first-order valence-corrected chi connectivity index (χ1v) is 25.9. The van der Waals surface area contributed by atoms with E-state index in [9.17, 15) is 14.6 Å². The summed E-state index contributed by atoms with van der Waals surface area (Å²) in [5.74, 6) is -0.903. The molecule has 2 aliphatic carbocycles. The van der Waals surface area contributed by atoms with Gasteiger partial charge in [-0.25, -0.2) is 9.18 Å². The number of halogens is 1. The Morgan fingerprint density at radius 1 is 0.845 bits per heavy atom. The van der Waals surface area contributed by atoms with Crippen molar-refractivity contribution >= 4 is 23.6 Å². The molecule has 1 amide bonds. The molecule has 0 aromatic heterocycles. The Balaban J connectivity index is 1.28. The second-order valence-corrected chi connectivity index (χ2v) is 19.1. The number of benzene rings is 5. The summed E-state index contributed by atoms with van der Waals surface area (Å²) in [7, 11) is 0. The second-order valence-electron chi connectivity index (χ2n) is 18.2. The van der Waals surface area contributed by atoms with Crippen molar-refractivity contribution in [3.8, 4) is 17.2 Å². The maximum atomic E-state index is 15.0. The number of nitrogens with zero attached hydrogens (tertiary/aromatic N) is 2. The lowest BCUT2D eigenvalue weighted by atomic mass is 9.55. The number of amides is 1. The lowest BCUT2D eigenvalue weighted by molar-refractivity contribution is -0.256. The van der Waals surface area contributed by atoms with Crippen molar-refractivity contribution in [2.45, 2.75) is 87.3 Å². The summed E-state index contributed by atoms with van der Waals surface area (Å²) in [6, 6.07) is 38.7. The second kappa shape index (κ2) is 25.4. The maximum absolute atomic E-state index is 15.0. The summed E-state index contributed by atoms with van der Waals surface area (Å²) in [6.07, 6.45) is 9.92. The van der Waals surface area contributed by atoms with Crippen molar-refractivity contribution in [2.24, 2.45) is 22.9 Å². The lowest BCUT2D eigenvalue weighted by Crippen LogP contribution is -2.70. The fourth-order valence-corrected chi connectivity index (χ4v) is 10.8. The van der Waals surface area contributed by atoms with Gasteiger partial charge in [0.05, 0.1) is 31.5 Å².